The van der Waals surface area contributed by atoms with E-state index in [1.165, 1.54) is 0 Å². The van der Waals surface area contributed by atoms with Gasteiger partial charge in [0.15, 0.2) is 0 Å². The second-order valence-corrected chi connectivity index (χ2v) is 4.33. The number of nitrogens with one attached hydrogen (secondary N) is 1. The maximum absolute atomic E-state index is 8.67. The Bertz CT molecular complexity index is 444. The Kier molecular flexibility index (Phi) is 3.95. The van der Waals surface area contributed by atoms with Crippen molar-refractivity contribution in [3.8, 4) is 6.07 Å². The minimum absolute atomic E-state index is 0.512. The molecule has 1 aromatic heterocycles. The molecule has 0 spiro atoms. The van der Waals surface area contributed by atoms with Gasteiger partial charge in [-0.3, -0.25) is 4.90 Å². The van der Waals surface area contributed by atoms with Crippen LogP contribution >= 0.6 is 0 Å². The lowest BCUT2D eigenvalue weighted by Gasteiger charge is -2.34. The van der Waals surface area contributed by atoms with Crippen LogP contribution in [-0.4, -0.2) is 54.6 Å². The van der Waals surface area contributed by atoms with Gasteiger partial charge >= 0.3 is 0 Å². The van der Waals surface area contributed by atoms with E-state index in [2.05, 4.69) is 31.2 Å². The van der Waals surface area contributed by atoms with Crippen LogP contribution in [0.15, 0.2) is 6.07 Å². The summed E-state index contributed by atoms with van der Waals surface area (Å²) in [4.78, 5) is 13.2. The lowest BCUT2D eigenvalue weighted by atomic mass is 10.3. The summed E-state index contributed by atoms with van der Waals surface area (Å²) < 4.78 is 0. The van der Waals surface area contributed by atoms with Gasteiger partial charge in [0.05, 0.1) is 12.6 Å². The number of piperazine rings is 1. The van der Waals surface area contributed by atoms with Crippen LogP contribution in [0.1, 0.15) is 5.82 Å². The van der Waals surface area contributed by atoms with Crippen molar-refractivity contribution < 1.29 is 0 Å². The predicted molar refractivity (Wildman–Crippen MR) is 70.6 cm³/mol. The molecule has 1 fully saturated rings. The van der Waals surface area contributed by atoms with Crippen molar-refractivity contribution in [1.82, 2.24) is 14.9 Å². The van der Waals surface area contributed by atoms with Crippen LogP contribution in [0.4, 0.5) is 11.6 Å². The Labute approximate surface area is 107 Å². The Hall–Kier alpha value is -1.87. The second kappa shape index (κ2) is 5.65. The van der Waals surface area contributed by atoms with E-state index in [-0.39, 0.29) is 0 Å². The fourth-order valence-electron chi connectivity index (χ4n) is 2.08. The molecule has 6 nitrogen and oxygen atoms in total. The third-order valence-corrected chi connectivity index (χ3v) is 3.07. The zero-order valence-corrected chi connectivity index (χ0v) is 10.8. The molecule has 1 aliphatic heterocycles. The third kappa shape index (κ3) is 2.87. The minimum Gasteiger partial charge on any atom is -0.373 e. The summed E-state index contributed by atoms with van der Waals surface area (Å²) in [5.74, 6) is 2.58. The molecule has 0 aliphatic carbocycles. The van der Waals surface area contributed by atoms with Crippen LogP contribution in [-0.2, 0) is 0 Å². The smallest absolute Gasteiger partial charge is 0.134 e. The summed E-state index contributed by atoms with van der Waals surface area (Å²) in [6, 6.07) is 4.16. The first kappa shape index (κ1) is 12.6. The van der Waals surface area contributed by atoms with E-state index in [9.17, 15) is 0 Å². The summed E-state index contributed by atoms with van der Waals surface area (Å²) in [6.07, 6.45) is 0. The SMILES string of the molecule is CNc1cc(N2CCN(CC#N)CC2)nc(C)n1. The van der Waals surface area contributed by atoms with E-state index >= 15 is 0 Å². The van der Waals surface area contributed by atoms with Crippen LogP contribution in [0.5, 0.6) is 0 Å². The monoisotopic (exact) mass is 246 g/mol. The third-order valence-electron chi connectivity index (χ3n) is 3.07. The molecular formula is C12H18N6. The first-order valence-electron chi connectivity index (χ1n) is 6.10. The summed E-state index contributed by atoms with van der Waals surface area (Å²) >= 11 is 0. The molecule has 1 saturated heterocycles. The number of hydrogen-bond acceptors (Lipinski definition) is 6. The molecule has 96 valence electrons. The quantitative estimate of drug-likeness (QED) is 0.782. The zero-order chi connectivity index (χ0) is 13.0. The molecule has 0 radical (unpaired) electrons. The second-order valence-electron chi connectivity index (χ2n) is 4.33. The molecule has 1 N–H and O–H groups in total. The molecule has 0 atom stereocenters. The largest absolute Gasteiger partial charge is 0.373 e. The van der Waals surface area contributed by atoms with Crippen molar-refractivity contribution in [3.05, 3.63) is 11.9 Å². The fraction of sp³-hybridized carbons (Fsp3) is 0.583. The number of hydrogen-bond donors (Lipinski definition) is 1. The summed E-state index contributed by atoms with van der Waals surface area (Å²) in [5.41, 5.74) is 0. The molecule has 2 heterocycles. The maximum Gasteiger partial charge on any atom is 0.134 e. The molecule has 0 bridgehead atoms. The average molecular weight is 246 g/mol. The first-order valence-corrected chi connectivity index (χ1v) is 6.10. The van der Waals surface area contributed by atoms with Crippen molar-refractivity contribution in [2.75, 3.05) is 50.0 Å². The van der Waals surface area contributed by atoms with Crippen molar-refractivity contribution >= 4 is 11.6 Å². The van der Waals surface area contributed by atoms with Gasteiger partial charge in [-0.2, -0.15) is 5.26 Å². The van der Waals surface area contributed by atoms with Gasteiger partial charge in [-0.1, -0.05) is 0 Å². The van der Waals surface area contributed by atoms with Crippen molar-refractivity contribution in [1.29, 1.82) is 5.26 Å². The van der Waals surface area contributed by atoms with Gasteiger partial charge in [0.25, 0.3) is 0 Å². The molecule has 2 rings (SSSR count). The molecule has 0 saturated carbocycles. The van der Waals surface area contributed by atoms with Crippen LogP contribution in [0.25, 0.3) is 0 Å². The van der Waals surface area contributed by atoms with E-state index in [1.807, 2.05) is 20.0 Å². The molecule has 6 heteroatoms. The van der Waals surface area contributed by atoms with E-state index < -0.39 is 0 Å². The maximum atomic E-state index is 8.67. The van der Waals surface area contributed by atoms with Crippen LogP contribution in [0, 0.1) is 18.3 Å². The number of rotatable bonds is 3. The first-order chi connectivity index (χ1) is 8.72. The standard InChI is InChI=1S/C12H18N6/c1-10-15-11(14-2)9-12(16-10)18-7-5-17(4-3-13)6-8-18/h9H,4-8H2,1-2H3,(H,14,15,16). The molecular weight excluding hydrogens is 228 g/mol. The highest BCUT2D eigenvalue weighted by molar-refractivity contribution is 5.49. The number of aromatic nitrogens is 2. The summed E-state index contributed by atoms with van der Waals surface area (Å²) in [5, 5.41) is 11.7. The minimum atomic E-state index is 0.512. The summed E-state index contributed by atoms with van der Waals surface area (Å²) in [6.45, 7) is 6.04. The van der Waals surface area contributed by atoms with E-state index in [0.717, 1.165) is 43.6 Å². The Balaban J connectivity index is 2.05. The van der Waals surface area contributed by atoms with Gasteiger partial charge in [0.2, 0.25) is 0 Å². The zero-order valence-electron chi connectivity index (χ0n) is 10.8. The molecule has 18 heavy (non-hydrogen) atoms. The number of anilines is 2. The van der Waals surface area contributed by atoms with E-state index in [1.54, 1.807) is 0 Å². The Morgan fingerprint density at radius 3 is 2.67 bits per heavy atom. The van der Waals surface area contributed by atoms with Crippen molar-refractivity contribution in [3.63, 3.8) is 0 Å². The number of nitrogens with zero attached hydrogens (tertiary/aromatic N) is 5. The van der Waals surface area contributed by atoms with Gasteiger partial charge in [-0.05, 0) is 6.92 Å². The molecule has 1 aliphatic rings. The van der Waals surface area contributed by atoms with Crippen molar-refractivity contribution in [2.45, 2.75) is 6.92 Å². The van der Waals surface area contributed by atoms with Gasteiger partial charge < -0.3 is 10.2 Å². The Morgan fingerprint density at radius 1 is 1.33 bits per heavy atom. The van der Waals surface area contributed by atoms with E-state index in [0.29, 0.717) is 6.54 Å². The van der Waals surface area contributed by atoms with Crippen molar-refractivity contribution in [2.24, 2.45) is 0 Å². The average Bonchev–Trinajstić information content (AvgIpc) is 2.39. The highest BCUT2D eigenvalue weighted by Crippen LogP contribution is 2.17. The van der Waals surface area contributed by atoms with Gasteiger partial charge in [-0.15, -0.1) is 0 Å². The van der Waals surface area contributed by atoms with E-state index in [4.69, 9.17) is 5.26 Å². The topological polar surface area (TPSA) is 68.1 Å². The predicted octanol–water partition coefficient (Wildman–Crippen LogP) is 0.472. The lowest BCUT2D eigenvalue weighted by molar-refractivity contribution is 0.286. The van der Waals surface area contributed by atoms with Gasteiger partial charge in [0, 0.05) is 39.3 Å². The van der Waals surface area contributed by atoms with Gasteiger partial charge in [-0.25, -0.2) is 9.97 Å². The normalized spacial score (nSPS) is 16.4. The lowest BCUT2D eigenvalue weighted by Crippen LogP contribution is -2.46. The molecule has 0 unspecified atom stereocenters. The highest BCUT2D eigenvalue weighted by atomic mass is 15.3. The van der Waals surface area contributed by atoms with Gasteiger partial charge in [0.1, 0.15) is 17.5 Å². The molecule has 0 aromatic carbocycles. The fourth-order valence-corrected chi connectivity index (χ4v) is 2.08. The molecule has 0 amide bonds. The highest BCUT2D eigenvalue weighted by Gasteiger charge is 2.18. The molecule has 1 aromatic rings. The Morgan fingerprint density at radius 2 is 2.06 bits per heavy atom. The van der Waals surface area contributed by atoms with Crippen LogP contribution < -0.4 is 10.2 Å². The van der Waals surface area contributed by atoms with Crippen LogP contribution in [0.3, 0.4) is 0 Å². The summed E-state index contributed by atoms with van der Waals surface area (Å²) in [7, 11) is 1.86. The number of aryl methyl sites for hydroxylation is 1. The number of nitriles is 1. The van der Waals surface area contributed by atoms with Crippen LogP contribution in [0.2, 0.25) is 0 Å².